The maximum absolute atomic E-state index is 12.6. The molecule has 1 saturated heterocycles. The van der Waals surface area contributed by atoms with Crippen molar-refractivity contribution in [2.24, 2.45) is 0 Å². The fourth-order valence-corrected chi connectivity index (χ4v) is 7.65. The van der Waals surface area contributed by atoms with E-state index in [0.717, 1.165) is 27.8 Å². The van der Waals surface area contributed by atoms with Gasteiger partial charge in [-0.15, -0.1) is 0 Å². The van der Waals surface area contributed by atoms with Gasteiger partial charge in [0.15, 0.2) is 23.0 Å². The van der Waals surface area contributed by atoms with Crippen molar-refractivity contribution in [2.75, 3.05) is 27.5 Å². The number of hydrogen-bond acceptors (Lipinski definition) is 10. The van der Waals surface area contributed by atoms with Crippen LogP contribution in [0.3, 0.4) is 0 Å². The van der Waals surface area contributed by atoms with Crippen LogP contribution in [0.25, 0.3) is 0 Å². The zero-order valence-electron chi connectivity index (χ0n) is 24.7. The van der Waals surface area contributed by atoms with Crippen molar-refractivity contribution in [1.29, 1.82) is 5.26 Å². The molecule has 4 heterocycles. The molecule has 42 heavy (non-hydrogen) atoms. The number of benzene rings is 2. The molecular weight excluding hydrogens is 540 g/mol. The monoisotopic (exact) mass is 576 g/mol. The number of nitrogens with zero attached hydrogens (tertiary/aromatic N) is 3. The number of aromatic hydroxyl groups is 1. The number of carbonyl (C=O) groups is 2. The van der Waals surface area contributed by atoms with Crippen LogP contribution in [0.1, 0.15) is 65.7 Å². The van der Waals surface area contributed by atoms with Gasteiger partial charge in [0.1, 0.15) is 11.8 Å². The van der Waals surface area contributed by atoms with Crippen molar-refractivity contribution in [3.8, 4) is 34.8 Å². The fraction of sp³-hybridized carbons (Fsp3) is 0.516. The number of hydrogen-bond donors (Lipinski definition) is 2. The van der Waals surface area contributed by atoms with Gasteiger partial charge in [0.25, 0.3) is 0 Å². The number of carbonyl (C=O) groups excluding carboxylic acids is 2. The quantitative estimate of drug-likeness (QED) is 0.404. The summed E-state index contributed by atoms with van der Waals surface area (Å²) in [4.78, 5) is 29.3. The lowest BCUT2D eigenvalue weighted by Crippen LogP contribution is -2.68. The van der Waals surface area contributed by atoms with Crippen molar-refractivity contribution in [2.45, 2.75) is 77.2 Å². The predicted molar refractivity (Wildman–Crippen MR) is 151 cm³/mol. The van der Waals surface area contributed by atoms with Crippen LogP contribution in [0.4, 0.5) is 0 Å². The number of nitrogens with one attached hydrogen (secondary N) is 1. The Bertz CT molecular complexity index is 1530. The first-order valence-corrected chi connectivity index (χ1v) is 14.3. The molecule has 6 rings (SSSR count). The van der Waals surface area contributed by atoms with Crippen molar-refractivity contribution < 1.29 is 33.6 Å². The van der Waals surface area contributed by atoms with E-state index in [1.54, 1.807) is 14.0 Å². The third-order valence-corrected chi connectivity index (χ3v) is 9.32. The summed E-state index contributed by atoms with van der Waals surface area (Å²) in [5.74, 6) is 1.41. The van der Waals surface area contributed by atoms with Crippen LogP contribution in [0, 0.1) is 25.2 Å². The number of piperazine rings is 1. The van der Waals surface area contributed by atoms with Crippen LogP contribution in [0.2, 0.25) is 0 Å². The zero-order chi connectivity index (χ0) is 30.0. The molecule has 11 heteroatoms. The number of ether oxygens (including phenoxy) is 4. The molecule has 2 aromatic carbocycles. The third kappa shape index (κ3) is 4.00. The van der Waals surface area contributed by atoms with Crippen LogP contribution in [0.15, 0.2) is 6.07 Å². The van der Waals surface area contributed by atoms with Crippen LogP contribution in [0.5, 0.6) is 28.7 Å². The zero-order valence-corrected chi connectivity index (χ0v) is 24.7. The van der Waals surface area contributed by atoms with E-state index in [0.29, 0.717) is 47.8 Å². The molecule has 11 nitrogen and oxygen atoms in total. The maximum Gasteiger partial charge on any atom is 0.308 e. The summed E-state index contributed by atoms with van der Waals surface area (Å²) in [7, 11) is 3.54. The lowest BCUT2D eigenvalue weighted by Gasteiger charge is -2.60. The summed E-state index contributed by atoms with van der Waals surface area (Å²) in [6.07, 6.45) is 1.28. The second-order valence-electron chi connectivity index (χ2n) is 11.5. The smallest absolute Gasteiger partial charge is 0.308 e. The van der Waals surface area contributed by atoms with Gasteiger partial charge >= 0.3 is 5.97 Å². The normalized spacial score (nSPS) is 25.5. The first-order valence-electron chi connectivity index (χ1n) is 14.3. The van der Waals surface area contributed by atoms with Gasteiger partial charge in [-0.25, -0.2) is 0 Å². The number of phenolic OH excluding ortho intramolecular Hbond substituents is 1. The molecule has 222 valence electrons. The average Bonchev–Trinajstić information content (AvgIpc) is 3.44. The minimum Gasteiger partial charge on any atom is -0.504 e. The summed E-state index contributed by atoms with van der Waals surface area (Å²) in [6.45, 7) is 7.12. The second-order valence-corrected chi connectivity index (χ2v) is 11.5. The number of methoxy groups -OCH3 is 1. The Labute approximate surface area is 244 Å². The Morgan fingerprint density at radius 1 is 1.17 bits per heavy atom. The molecule has 5 atom stereocenters. The molecule has 2 aromatic rings. The van der Waals surface area contributed by atoms with E-state index in [-0.39, 0.29) is 43.1 Å². The van der Waals surface area contributed by atoms with Gasteiger partial charge in [-0.1, -0.05) is 13.0 Å². The lowest BCUT2D eigenvalue weighted by molar-refractivity contribution is -0.132. The molecular formula is C31H36N4O7. The number of likely N-dealkylation sites (N-methyl/N-ethyl adjacent to an activating group) is 1. The Hall–Kier alpha value is -4.01. The highest BCUT2D eigenvalue weighted by molar-refractivity contribution is 5.76. The topological polar surface area (TPSA) is 134 Å². The molecule has 1 unspecified atom stereocenters. The van der Waals surface area contributed by atoms with Crippen molar-refractivity contribution in [3.05, 3.63) is 39.4 Å². The van der Waals surface area contributed by atoms with Crippen LogP contribution >= 0.6 is 0 Å². The van der Waals surface area contributed by atoms with E-state index >= 15 is 0 Å². The number of nitriles is 1. The molecule has 0 aliphatic carbocycles. The summed E-state index contributed by atoms with van der Waals surface area (Å²) in [5, 5.41) is 25.3. The highest BCUT2D eigenvalue weighted by Crippen LogP contribution is 2.58. The van der Waals surface area contributed by atoms with Gasteiger partial charge < -0.3 is 29.4 Å². The van der Waals surface area contributed by atoms with Gasteiger partial charge in [0.05, 0.1) is 25.3 Å². The van der Waals surface area contributed by atoms with Crippen LogP contribution in [-0.4, -0.2) is 72.4 Å². The van der Waals surface area contributed by atoms with E-state index < -0.39 is 18.1 Å². The number of fused-ring (bicyclic) bond motifs is 9. The number of amides is 1. The average molecular weight is 577 g/mol. The first-order chi connectivity index (χ1) is 20.1. The molecule has 4 aliphatic rings. The minimum atomic E-state index is -0.540. The molecule has 0 spiro atoms. The number of aryl methyl sites for hydroxylation is 1. The van der Waals surface area contributed by atoms with E-state index in [1.807, 2.05) is 27.0 Å². The van der Waals surface area contributed by atoms with Crippen LogP contribution < -0.4 is 24.3 Å². The Balaban J connectivity index is 1.62. The SMILES string of the molecule is CCC(=O)NC[C@H]1c2c(c(OC(C)=O)c(C)c3c2OCO3)CC2[C@H]3c4c(cc(C)c(OC)c4O)C[C@@H]([C@H](C#N)N21)N3C. The number of phenols is 1. The van der Waals surface area contributed by atoms with Gasteiger partial charge in [0, 0.05) is 54.2 Å². The number of esters is 1. The lowest BCUT2D eigenvalue weighted by atomic mass is 9.71. The summed E-state index contributed by atoms with van der Waals surface area (Å²) in [5.41, 5.74) is 4.78. The van der Waals surface area contributed by atoms with Crippen molar-refractivity contribution in [1.82, 2.24) is 15.1 Å². The van der Waals surface area contributed by atoms with Gasteiger partial charge in [-0.05, 0) is 44.9 Å². The minimum absolute atomic E-state index is 0.0136. The predicted octanol–water partition coefficient (Wildman–Crippen LogP) is 2.97. The van der Waals surface area contributed by atoms with E-state index in [4.69, 9.17) is 18.9 Å². The van der Waals surface area contributed by atoms with Crippen LogP contribution in [-0.2, 0) is 22.4 Å². The Kier molecular flexibility index (Phi) is 6.94. The molecule has 0 saturated carbocycles. The van der Waals surface area contributed by atoms with Gasteiger partial charge in [-0.3, -0.25) is 19.4 Å². The third-order valence-electron chi connectivity index (χ3n) is 9.32. The van der Waals surface area contributed by atoms with E-state index in [2.05, 4.69) is 21.2 Å². The van der Waals surface area contributed by atoms with Crippen molar-refractivity contribution >= 4 is 11.9 Å². The molecule has 2 N–H and O–H groups in total. The molecule has 1 fully saturated rings. The molecule has 4 aliphatic heterocycles. The van der Waals surface area contributed by atoms with E-state index in [1.165, 1.54) is 6.92 Å². The summed E-state index contributed by atoms with van der Waals surface area (Å²) in [6, 6.07) is 2.80. The second kappa shape index (κ2) is 10.4. The summed E-state index contributed by atoms with van der Waals surface area (Å²) < 4.78 is 23.3. The number of rotatable bonds is 5. The first kappa shape index (κ1) is 28.1. The van der Waals surface area contributed by atoms with Crippen molar-refractivity contribution in [3.63, 3.8) is 0 Å². The molecule has 2 bridgehead atoms. The standard InChI is InChI=1S/C31H36N4O7/c1-7-23(37)33-12-22-25-18(29(42-16(4)36)15(3)30-31(25)41-13-40-30)10-20-26-24-17(8-14(2)28(39-6)27(24)38)9-19(34(26)5)21(11-32)35(20)22/h8,19-22,26,38H,7,9-10,12-13H2,1-6H3,(H,33,37)/t19-,20?,21-,22-,26-/m0/s1. The highest BCUT2D eigenvalue weighted by Gasteiger charge is 2.56. The van der Waals surface area contributed by atoms with E-state index in [9.17, 15) is 20.0 Å². The van der Waals surface area contributed by atoms with Gasteiger partial charge in [0.2, 0.25) is 12.7 Å². The fourth-order valence-electron chi connectivity index (χ4n) is 7.65. The highest BCUT2D eigenvalue weighted by atomic mass is 16.7. The molecule has 1 amide bonds. The molecule has 0 aromatic heterocycles. The largest absolute Gasteiger partial charge is 0.504 e. The summed E-state index contributed by atoms with van der Waals surface area (Å²) >= 11 is 0. The maximum atomic E-state index is 12.6. The Morgan fingerprint density at radius 2 is 1.90 bits per heavy atom. The molecule has 0 radical (unpaired) electrons. The van der Waals surface area contributed by atoms with Gasteiger partial charge in [-0.2, -0.15) is 5.26 Å². The Morgan fingerprint density at radius 3 is 2.57 bits per heavy atom.